The third-order valence-corrected chi connectivity index (χ3v) is 3.35. The lowest BCUT2D eigenvalue weighted by Crippen LogP contribution is -2.45. The molecule has 0 aliphatic heterocycles. The zero-order chi connectivity index (χ0) is 13.1. The van der Waals surface area contributed by atoms with Crippen LogP contribution in [0.3, 0.4) is 0 Å². The summed E-state index contributed by atoms with van der Waals surface area (Å²) < 4.78 is 0. The van der Waals surface area contributed by atoms with Gasteiger partial charge >= 0.3 is 0 Å². The van der Waals surface area contributed by atoms with Crippen LogP contribution in [0.1, 0.15) is 49.7 Å². The number of rotatable bonds is 4. The molecule has 3 nitrogen and oxygen atoms in total. The van der Waals surface area contributed by atoms with Gasteiger partial charge in [-0.15, -0.1) is 0 Å². The van der Waals surface area contributed by atoms with E-state index in [2.05, 4.69) is 24.1 Å². The Hall–Kier alpha value is -1.09. The van der Waals surface area contributed by atoms with E-state index in [1.165, 1.54) is 0 Å². The Kier molecular flexibility index (Phi) is 4.52. The molecular formula is C13H19ClN2O. The number of hydrogen-bond acceptors (Lipinski definition) is 2. The van der Waals surface area contributed by atoms with Gasteiger partial charge in [-0.05, 0) is 38.8 Å². The molecule has 0 bridgehead atoms. The first-order valence-corrected chi connectivity index (χ1v) is 6.24. The van der Waals surface area contributed by atoms with E-state index in [1.54, 1.807) is 12.1 Å². The van der Waals surface area contributed by atoms with Crippen LogP contribution in [0.2, 0.25) is 5.15 Å². The van der Waals surface area contributed by atoms with E-state index in [-0.39, 0.29) is 11.4 Å². The highest BCUT2D eigenvalue weighted by Crippen LogP contribution is 2.16. The van der Waals surface area contributed by atoms with Crippen LogP contribution in [0.5, 0.6) is 0 Å². The van der Waals surface area contributed by atoms with Gasteiger partial charge in [-0.3, -0.25) is 4.79 Å². The maximum absolute atomic E-state index is 12.1. The molecule has 1 heterocycles. The molecule has 0 spiro atoms. The first kappa shape index (κ1) is 14.0. The van der Waals surface area contributed by atoms with E-state index in [4.69, 9.17) is 11.6 Å². The Balaban J connectivity index is 2.90. The number of halogens is 1. The Morgan fingerprint density at radius 3 is 2.47 bits per heavy atom. The van der Waals surface area contributed by atoms with Crippen LogP contribution in [0.25, 0.3) is 0 Å². The second-order valence-electron chi connectivity index (χ2n) is 4.54. The summed E-state index contributed by atoms with van der Waals surface area (Å²) in [5.41, 5.74) is 1.15. The van der Waals surface area contributed by atoms with Crippen LogP contribution in [0.4, 0.5) is 0 Å². The number of aromatic nitrogens is 1. The summed E-state index contributed by atoms with van der Waals surface area (Å²) in [6.45, 7) is 7.99. The third-order valence-electron chi connectivity index (χ3n) is 3.16. The second-order valence-corrected chi connectivity index (χ2v) is 4.93. The Labute approximate surface area is 108 Å². The SMILES string of the molecule is CCC(C)(CC)NC(=O)c1cc(C)nc(Cl)c1. The summed E-state index contributed by atoms with van der Waals surface area (Å²) in [4.78, 5) is 16.1. The number of nitrogens with zero attached hydrogens (tertiary/aromatic N) is 1. The van der Waals surface area contributed by atoms with Gasteiger partial charge < -0.3 is 5.32 Å². The van der Waals surface area contributed by atoms with Gasteiger partial charge in [0.2, 0.25) is 0 Å². The molecule has 0 unspecified atom stereocenters. The van der Waals surface area contributed by atoms with Gasteiger partial charge in [0.15, 0.2) is 0 Å². The fourth-order valence-electron chi connectivity index (χ4n) is 1.53. The third kappa shape index (κ3) is 3.70. The summed E-state index contributed by atoms with van der Waals surface area (Å²) >= 11 is 5.84. The number of hydrogen-bond donors (Lipinski definition) is 1. The summed E-state index contributed by atoms with van der Waals surface area (Å²) in [6, 6.07) is 3.34. The zero-order valence-corrected chi connectivity index (χ0v) is 11.6. The minimum absolute atomic E-state index is 0.0939. The fraction of sp³-hybridized carbons (Fsp3) is 0.538. The minimum Gasteiger partial charge on any atom is -0.347 e. The largest absolute Gasteiger partial charge is 0.347 e. The fourth-order valence-corrected chi connectivity index (χ4v) is 1.78. The lowest BCUT2D eigenvalue weighted by Gasteiger charge is -2.28. The molecular weight excluding hydrogens is 236 g/mol. The van der Waals surface area contributed by atoms with Crippen molar-refractivity contribution in [3.8, 4) is 0 Å². The molecule has 0 aromatic carbocycles. The zero-order valence-electron chi connectivity index (χ0n) is 10.8. The normalized spacial score (nSPS) is 11.4. The van der Waals surface area contributed by atoms with Crippen molar-refractivity contribution in [3.05, 3.63) is 28.5 Å². The molecule has 1 rings (SSSR count). The molecule has 4 heteroatoms. The van der Waals surface area contributed by atoms with Gasteiger partial charge in [0.05, 0.1) is 0 Å². The monoisotopic (exact) mass is 254 g/mol. The average molecular weight is 255 g/mol. The van der Waals surface area contributed by atoms with Gasteiger partial charge in [-0.2, -0.15) is 0 Å². The number of amides is 1. The van der Waals surface area contributed by atoms with Gasteiger partial charge in [-0.1, -0.05) is 25.4 Å². The van der Waals surface area contributed by atoms with Crippen LogP contribution in [0.15, 0.2) is 12.1 Å². The Morgan fingerprint density at radius 1 is 1.41 bits per heavy atom. The first-order chi connectivity index (χ1) is 7.90. The highest BCUT2D eigenvalue weighted by molar-refractivity contribution is 6.29. The van der Waals surface area contributed by atoms with Crippen molar-refractivity contribution in [2.45, 2.75) is 46.1 Å². The average Bonchev–Trinajstić information content (AvgIpc) is 2.27. The van der Waals surface area contributed by atoms with Gasteiger partial charge in [0, 0.05) is 16.8 Å². The van der Waals surface area contributed by atoms with Crippen molar-refractivity contribution in [1.29, 1.82) is 0 Å². The standard InChI is InChI=1S/C13H19ClN2O/c1-5-13(4,6-2)16-12(17)10-7-9(3)15-11(14)8-10/h7-8H,5-6H2,1-4H3,(H,16,17). The van der Waals surface area contributed by atoms with E-state index in [0.717, 1.165) is 18.5 Å². The van der Waals surface area contributed by atoms with Gasteiger partial charge in [0.25, 0.3) is 5.91 Å². The van der Waals surface area contributed by atoms with E-state index >= 15 is 0 Å². The highest BCUT2D eigenvalue weighted by atomic mass is 35.5. The summed E-state index contributed by atoms with van der Waals surface area (Å²) in [5.74, 6) is -0.0939. The van der Waals surface area contributed by atoms with Crippen LogP contribution >= 0.6 is 11.6 Å². The molecule has 0 saturated heterocycles. The molecule has 0 fully saturated rings. The van der Waals surface area contributed by atoms with Gasteiger partial charge in [0.1, 0.15) is 5.15 Å². The van der Waals surface area contributed by atoms with E-state index in [1.807, 2.05) is 13.8 Å². The molecule has 0 aliphatic carbocycles. The summed E-state index contributed by atoms with van der Waals surface area (Å²) in [5, 5.41) is 3.39. The molecule has 0 saturated carbocycles. The Bertz CT molecular complexity index is 394. The maximum Gasteiger partial charge on any atom is 0.251 e. The van der Waals surface area contributed by atoms with Crippen LogP contribution in [-0.4, -0.2) is 16.4 Å². The molecule has 17 heavy (non-hydrogen) atoms. The van der Waals surface area contributed by atoms with Crippen molar-refractivity contribution >= 4 is 17.5 Å². The number of aryl methyl sites for hydroxylation is 1. The molecule has 94 valence electrons. The molecule has 0 radical (unpaired) electrons. The summed E-state index contributed by atoms with van der Waals surface area (Å²) in [7, 11) is 0. The highest BCUT2D eigenvalue weighted by Gasteiger charge is 2.22. The van der Waals surface area contributed by atoms with E-state index < -0.39 is 0 Å². The van der Waals surface area contributed by atoms with Crippen LogP contribution in [-0.2, 0) is 0 Å². The predicted octanol–water partition coefficient (Wildman–Crippen LogP) is 3.35. The quantitative estimate of drug-likeness (QED) is 0.838. The Morgan fingerprint density at radius 2 is 2.00 bits per heavy atom. The lowest BCUT2D eigenvalue weighted by atomic mass is 9.95. The van der Waals surface area contributed by atoms with Crippen LogP contribution < -0.4 is 5.32 Å². The van der Waals surface area contributed by atoms with Crippen molar-refractivity contribution in [2.24, 2.45) is 0 Å². The van der Waals surface area contributed by atoms with Gasteiger partial charge in [-0.25, -0.2) is 4.98 Å². The van der Waals surface area contributed by atoms with E-state index in [0.29, 0.717) is 10.7 Å². The molecule has 1 aromatic heterocycles. The number of nitrogens with one attached hydrogen (secondary N) is 1. The van der Waals surface area contributed by atoms with Crippen molar-refractivity contribution in [3.63, 3.8) is 0 Å². The molecule has 1 aromatic rings. The van der Waals surface area contributed by atoms with Crippen LogP contribution in [0, 0.1) is 6.92 Å². The number of carbonyl (C=O) groups excluding carboxylic acids is 1. The minimum atomic E-state index is -0.166. The van der Waals surface area contributed by atoms with Crippen molar-refractivity contribution in [1.82, 2.24) is 10.3 Å². The first-order valence-electron chi connectivity index (χ1n) is 5.87. The summed E-state index contributed by atoms with van der Waals surface area (Å²) in [6.07, 6.45) is 1.79. The topological polar surface area (TPSA) is 42.0 Å². The number of carbonyl (C=O) groups is 1. The lowest BCUT2D eigenvalue weighted by molar-refractivity contribution is 0.0901. The van der Waals surface area contributed by atoms with E-state index in [9.17, 15) is 4.79 Å². The van der Waals surface area contributed by atoms with Crippen molar-refractivity contribution in [2.75, 3.05) is 0 Å². The predicted molar refractivity (Wildman–Crippen MR) is 70.4 cm³/mol. The maximum atomic E-state index is 12.1. The molecule has 1 N–H and O–H groups in total. The molecule has 0 atom stereocenters. The van der Waals surface area contributed by atoms with Crippen molar-refractivity contribution < 1.29 is 4.79 Å². The second kappa shape index (κ2) is 5.50. The molecule has 0 aliphatic rings. The number of pyridine rings is 1. The smallest absolute Gasteiger partial charge is 0.251 e. The molecule has 1 amide bonds.